The van der Waals surface area contributed by atoms with Gasteiger partial charge < -0.3 is 14.4 Å². The van der Waals surface area contributed by atoms with Crippen molar-refractivity contribution in [3.05, 3.63) is 45.9 Å². The Morgan fingerprint density at radius 3 is 2.86 bits per heavy atom. The summed E-state index contributed by atoms with van der Waals surface area (Å²) >= 11 is 1.42. The first kappa shape index (κ1) is 21.3. The number of nitrogens with zero attached hydrogens (tertiary/aromatic N) is 2. The highest BCUT2D eigenvalue weighted by Crippen LogP contribution is 2.27. The SMILES string of the molecule is CCOC(=O)C1CCCN(C(=O)c2csc(COc3ccccc3C(C)C)n2)C1. The topological polar surface area (TPSA) is 68.7 Å². The van der Waals surface area contributed by atoms with Crippen molar-refractivity contribution in [2.24, 2.45) is 5.92 Å². The fourth-order valence-corrected chi connectivity index (χ4v) is 4.16. The Kier molecular flexibility index (Phi) is 7.25. The van der Waals surface area contributed by atoms with Crippen LogP contribution in [0.15, 0.2) is 29.6 Å². The molecule has 1 aliphatic heterocycles. The molecule has 2 aromatic rings. The minimum Gasteiger partial charge on any atom is -0.486 e. The van der Waals surface area contributed by atoms with Crippen LogP contribution in [0.1, 0.15) is 60.6 Å². The summed E-state index contributed by atoms with van der Waals surface area (Å²) in [5.74, 6) is 0.608. The van der Waals surface area contributed by atoms with E-state index in [1.54, 1.807) is 17.2 Å². The molecule has 1 aromatic carbocycles. The van der Waals surface area contributed by atoms with E-state index in [1.807, 2.05) is 18.2 Å². The number of rotatable bonds is 7. The molecule has 1 aliphatic rings. The average Bonchev–Trinajstić information content (AvgIpc) is 3.21. The molecule has 0 saturated carbocycles. The van der Waals surface area contributed by atoms with Gasteiger partial charge in [0, 0.05) is 18.5 Å². The highest BCUT2D eigenvalue weighted by atomic mass is 32.1. The van der Waals surface area contributed by atoms with Gasteiger partial charge in [0.25, 0.3) is 5.91 Å². The Labute approximate surface area is 175 Å². The average molecular weight is 417 g/mol. The highest BCUT2D eigenvalue weighted by molar-refractivity contribution is 7.09. The fourth-order valence-electron chi connectivity index (χ4n) is 3.48. The number of para-hydroxylation sites is 1. The van der Waals surface area contributed by atoms with Crippen molar-refractivity contribution >= 4 is 23.2 Å². The lowest BCUT2D eigenvalue weighted by Gasteiger charge is -2.31. The molecule has 2 heterocycles. The van der Waals surface area contributed by atoms with Gasteiger partial charge in [-0.2, -0.15) is 0 Å². The molecule has 1 fully saturated rings. The summed E-state index contributed by atoms with van der Waals surface area (Å²) in [6.45, 7) is 7.77. The molecule has 0 bridgehead atoms. The number of piperidine rings is 1. The lowest BCUT2D eigenvalue weighted by Crippen LogP contribution is -2.43. The number of ether oxygens (including phenoxy) is 2. The van der Waals surface area contributed by atoms with E-state index in [0.29, 0.717) is 37.9 Å². The van der Waals surface area contributed by atoms with E-state index in [4.69, 9.17) is 9.47 Å². The van der Waals surface area contributed by atoms with Crippen LogP contribution in [-0.4, -0.2) is 41.5 Å². The maximum absolute atomic E-state index is 12.8. The summed E-state index contributed by atoms with van der Waals surface area (Å²) < 4.78 is 11.1. The molecule has 3 rings (SSSR count). The zero-order valence-corrected chi connectivity index (χ0v) is 18.0. The van der Waals surface area contributed by atoms with E-state index >= 15 is 0 Å². The van der Waals surface area contributed by atoms with Gasteiger partial charge in [0.1, 0.15) is 23.1 Å². The molecule has 0 spiro atoms. The van der Waals surface area contributed by atoms with Crippen LogP contribution in [0.3, 0.4) is 0 Å². The molecule has 6 nitrogen and oxygen atoms in total. The van der Waals surface area contributed by atoms with Crippen LogP contribution >= 0.6 is 11.3 Å². The number of amides is 1. The quantitative estimate of drug-likeness (QED) is 0.631. The summed E-state index contributed by atoms with van der Waals surface area (Å²) in [6, 6.07) is 7.98. The monoisotopic (exact) mass is 416 g/mol. The van der Waals surface area contributed by atoms with E-state index in [1.165, 1.54) is 11.3 Å². The molecule has 1 unspecified atom stereocenters. The van der Waals surface area contributed by atoms with Crippen molar-refractivity contribution in [3.63, 3.8) is 0 Å². The van der Waals surface area contributed by atoms with Crippen LogP contribution < -0.4 is 4.74 Å². The maximum Gasteiger partial charge on any atom is 0.310 e. The predicted octanol–water partition coefficient (Wildman–Crippen LogP) is 4.26. The van der Waals surface area contributed by atoms with Crippen LogP contribution in [0.2, 0.25) is 0 Å². The maximum atomic E-state index is 12.8. The summed E-state index contributed by atoms with van der Waals surface area (Å²) in [5.41, 5.74) is 1.56. The summed E-state index contributed by atoms with van der Waals surface area (Å²) in [4.78, 5) is 31.0. The summed E-state index contributed by atoms with van der Waals surface area (Å²) in [5, 5.41) is 2.52. The predicted molar refractivity (Wildman–Crippen MR) is 112 cm³/mol. The minimum atomic E-state index is -0.248. The second-order valence-corrected chi connectivity index (χ2v) is 8.39. The Bertz CT molecular complexity index is 849. The number of esters is 1. The minimum absolute atomic E-state index is 0.135. The van der Waals surface area contributed by atoms with Crippen molar-refractivity contribution in [2.75, 3.05) is 19.7 Å². The lowest BCUT2D eigenvalue weighted by molar-refractivity contribution is -0.149. The first-order chi connectivity index (χ1) is 14.0. The van der Waals surface area contributed by atoms with Crippen LogP contribution in [0.25, 0.3) is 0 Å². The number of carbonyl (C=O) groups excluding carboxylic acids is 2. The first-order valence-corrected chi connectivity index (χ1v) is 11.0. The number of aromatic nitrogens is 1. The third-order valence-corrected chi connectivity index (χ3v) is 5.81. The molecule has 1 aromatic heterocycles. The molecule has 0 N–H and O–H groups in total. The van der Waals surface area contributed by atoms with E-state index in [-0.39, 0.29) is 17.8 Å². The molecule has 0 radical (unpaired) electrons. The van der Waals surface area contributed by atoms with Crippen molar-refractivity contribution in [2.45, 2.75) is 46.1 Å². The highest BCUT2D eigenvalue weighted by Gasteiger charge is 2.30. The van der Waals surface area contributed by atoms with Gasteiger partial charge >= 0.3 is 5.97 Å². The Morgan fingerprint density at radius 2 is 2.10 bits per heavy atom. The smallest absolute Gasteiger partial charge is 0.310 e. The molecule has 1 amide bonds. The number of benzene rings is 1. The molecule has 29 heavy (non-hydrogen) atoms. The van der Waals surface area contributed by atoms with Crippen molar-refractivity contribution in [1.82, 2.24) is 9.88 Å². The van der Waals surface area contributed by atoms with Gasteiger partial charge in [-0.1, -0.05) is 32.0 Å². The fraction of sp³-hybridized carbons (Fsp3) is 0.500. The van der Waals surface area contributed by atoms with Gasteiger partial charge in [0.15, 0.2) is 0 Å². The first-order valence-electron chi connectivity index (χ1n) is 10.1. The molecular formula is C22H28N2O4S. The molecule has 0 aliphatic carbocycles. The van der Waals surface area contributed by atoms with Gasteiger partial charge in [0.05, 0.1) is 12.5 Å². The van der Waals surface area contributed by atoms with Crippen LogP contribution in [0.5, 0.6) is 5.75 Å². The number of likely N-dealkylation sites (tertiary alicyclic amines) is 1. The van der Waals surface area contributed by atoms with E-state index in [9.17, 15) is 9.59 Å². The van der Waals surface area contributed by atoms with E-state index in [0.717, 1.165) is 29.2 Å². The van der Waals surface area contributed by atoms with Crippen LogP contribution in [-0.2, 0) is 16.1 Å². The zero-order chi connectivity index (χ0) is 20.8. The third-order valence-electron chi connectivity index (χ3n) is 4.99. The molecule has 156 valence electrons. The van der Waals surface area contributed by atoms with Crippen molar-refractivity contribution < 1.29 is 19.1 Å². The van der Waals surface area contributed by atoms with Crippen molar-refractivity contribution in [3.8, 4) is 5.75 Å². The van der Waals surface area contributed by atoms with Crippen LogP contribution in [0.4, 0.5) is 0 Å². The lowest BCUT2D eigenvalue weighted by atomic mass is 9.98. The molecule has 1 atom stereocenters. The standard InChI is InChI=1S/C22H28N2O4S/c1-4-27-22(26)16-8-7-11-24(12-16)21(25)18-14-29-20(23-18)13-28-19-10-6-5-9-17(19)15(2)3/h5-6,9-10,14-16H,4,7-8,11-13H2,1-3H3. The van der Waals surface area contributed by atoms with Gasteiger partial charge in [-0.05, 0) is 37.3 Å². The van der Waals surface area contributed by atoms with E-state index < -0.39 is 0 Å². The summed E-state index contributed by atoms with van der Waals surface area (Å²) in [7, 11) is 0. The number of hydrogen-bond donors (Lipinski definition) is 0. The largest absolute Gasteiger partial charge is 0.486 e. The van der Waals surface area contributed by atoms with Gasteiger partial charge in [0.2, 0.25) is 0 Å². The van der Waals surface area contributed by atoms with Gasteiger partial charge in [-0.15, -0.1) is 11.3 Å². The molecule has 7 heteroatoms. The second kappa shape index (κ2) is 9.87. The number of hydrogen-bond acceptors (Lipinski definition) is 6. The third kappa shape index (κ3) is 5.35. The van der Waals surface area contributed by atoms with Gasteiger partial charge in [-0.3, -0.25) is 9.59 Å². The Hall–Kier alpha value is -2.41. The Balaban J connectivity index is 1.61. The van der Waals surface area contributed by atoms with Crippen molar-refractivity contribution in [1.29, 1.82) is 0 Å². The number of carbonyl (C=O) groups is 2. The van der Waals surface area contributed by atoms with Crippen LogP contribution in [0, 0.1) is 5.92 Å². The molecular weight excluding hydrogens is 388 g/mol. The molecule has 1 saturated heterocycles. The number of thiazole rings is 1. The normalized spacial score (nSPS) is 16.7. The second-order valence-electron chi connectivity index (χ2n) is 7.45. The van der Waals surface area contributed by atoms with E-state index in [2.05, 4.69) is 24.9 Å². The van der Waals surface area contributed by atoms with Gasteiger partial charge in [-0.25, -0.2) is 4.98 Å². The zero-order valence-electron chi connectivity index (χ0n) is 17.2. The summed E-state index contributed by atoms with van der Waals surface area (Å²) in [6.07, 6.45) is 1.55. The Morgan fingerprint density at radius 1 is 1.31 bits per heavy atom.